The average molecular weight is 289 g/mol. The highest BCUT2D eigenvalue weighted by Gasteiger charge is 2.08. The zero-order valence-electron chi connectivity index (χ0n) is 13.7. The van der Waals surface area contributed by atoms with Gasteiger partial charge in [-0.1, -0.05) is 55.7 Å². The van der Waals surface area contributed by atoms with Crippen molar-refractivity contribution in [1.82, 2.24) is 4.90 Å². The lowest BCUT2D eigenvalue weighted by Gasteiger charge is -2.20. The van der Waals surface area contributed by atoms with Crippen LogP contribution in [0.2, 0.25) is 0 Å². The highest BCUT2D eigenvalue weighted by Crippen LogP contribution is 2.27. The Bertz CT molecular complexity index is 726. The summed E-state index contributed by atoms with van der Waals surface area (Å²) in [6.07, 6.45) is 10.3. The molecule has 1 nitrogen and oxygen atoms in total. The van der Waals surface area contributed by atoms with Crippen LogP contribution in [0.4, 0.5) is 0 Å². The van der Waals surface area contributed by atoms with Gasteiger partial charge in [0.25, 0.3) is 0 Å². The van der Waals surface area contributed by atoms with Crippen molar-refractivity contribution in [3.05, 3.63) is 96.4 Å². The van der Waals surface area contributed by atoms with E-state index in [2.05, 4.69) is 57.0 Å². The molecule has 0 atom stereocenters. The van der Waals surface area contributed by atoms with Crippen molar-refractivity contribution in [1.29, 1.82) is 0 Å². The second-order valence-electron chi connectivity index (χ2n) is 5.75. The summed E-state index contributed by atoms with van der Waals surface area (Å²) >= 11 is 0. The molecule has 0 saturated heterocycles. The van der Waals surface area contributed by atoms with Crippen LogP contribution in [0.5, 0.6) is 0 Å². The summed E-state index contributed by atoms with van der Waals surface area (Å²) < 4.78 is 0. The lowest BCUT2D eigenvalue weighted by molar-refractivity contribution is 0.588. The maximum absolute atomic E-state index is 4.14. The molecule has 0 amide bonds. The summed E-state index contributed by atoms with van der Waals surface area (Å²) in [6, 6.07) is 6.46. The molecule has 1 aromatic rings. The van der Waals surface area contributed by atoms with E-state index in [4.69, 9.17) is 0 Å². The number of hydrogen-bond donors (Lipinski definition) is 0. The molecular formula is C21H23N. The summed E-state index contributed by atoms with van der Waals surface area (Å²) in [5.74, 6) is 0. The molecule has 0 unspecified atom stereocenters. The van der Waals surface area contributed by atoms with Gasteiger partial charge < -0.3 is 4.90 Å². The largest absolute Gasteiger partial charge is 0.351 e. The number of aryl methyl sites for hydroxylation is 1. The molecule has 0 fully saturated rings. The van der Waals surface area contributed by atoms with Gasteiger partial charge in [0, 0.05) is 18.9 Å². The van der Waals surface area contributed by atoms with Crippen LogP contribution in [0, 0.1) is 6.92 Å². The van der Waals surface area contributed by atoms with Crippen molar-refractivity contribution in [3.63, 3.8) is 0 Å². The zero-order valence-corrected chi connectivity index (χ0v) is 13.7. The monoisotopic (exact) mass is 289 g/mol. The van der Waals surface area contributed by atoms with Crippen LogP contribution < -0.4 is 0 Å². The SMILES string of the molecule is C=C(C)/C=C\C(=C)c1ccc(C2=CC(=C)N(C)C=C2)cc1C. The van der Waals surface area contributed by atoms with Crippen molar-refractivity contribution in [2.45, 2.75) is 13.8 Å². The first-order valence-electron chi connectivity index (χ1n) is 7.34. The quantitative estimate of drug-likeness (QED) is 0.662. The van der Waals surface area contributed by atoms with E-state index in [0.717, 1.165) is 22.4 Å². The third kappa shape index (κ3) is 3.56. The number of likely N-dealkylation sites (N-methyl/N-ethyl adjacent to an activating group) is 1. The highest BCUT2D eigenvalue weighted by molar-refractivity contribution is 5.80. The van der Waals surface area contributed by atoms with Crippen LogP contribution in [0.1, 0.15) is 23.6 Å². The van der Waals surface area contributed by atoms with Gasteiger partial charge in [0.15, 0.2) is 0 Å². The molecule has 112 valence electrons. The van der Waals surface area contributed by atoms with E-state index in [1.165, 1.54) is 16.7 Å². The third-order valence-electron chi connectivity index (χ3n) is 3.73. The molecule has 22 heavy (non-hydrogen) atoms. The van der Waals surface area contributed by atoms with E-state index in [-0.39, 0.29) is 0 Å². The molecule has 0 aliphatic carbocycles. The van der Waals surface area contributed by atoms with Gasteiger partial charge in [0.1, 0.15) is 0 Å². The molecule has 0 N–H and O–H groups in total. The van der Waals surface area contributed by atoms with Crippen LogP contribution in [0.25, 0.3) is 11.1 Å². The summed E-state index contributed by atoms with van der Waals surface area (Å²) in [7, 11) is 2.00. The molecule has 1 aliphatic heterocycles. The molecule has 1 heteroatoms. The molecule has 0 aromatic heterocycles. The number of allylic oxidation sites excluding steroid dienone is 7. The summed E-state index contributed by atoms with van der Waals surface area (Å²) in [5, 5.41) is 0. The molecule has 0 spiro atoms. The second kappa shape index (κ2) is 6.48. The summed E-state index contributed by atoms with van der Waals surface area (Å²) in [5.41, 5.74) is 7.78. The Morgan fingerprint density at radius 3 is 2.50 bits per heavy atom. The van der Waals surface area contributed by atoms with Gasteiger partial charge in [-0.3, -0.25) is 0 Å². The first-order valence-corrected chi connectivity index (χ1v) is 7.34. The Kier molecular flexibility index (Phi) is 4.67. The van der Waals surface area contributed by atoms with Crippen LogP contribution in [-0.4, -0.2) is 11.9 Å². The van der Waals surface area contributed by atoms with Gasteiger partial charge in [-0.2, -0.15) is 0 Å². The lowest BCUT2D eigenvalue weighted by Crippen LogP contribution is -2.10. The molecule has 0 bridgehead atoms. The van der Waals surface area contributed by atoms with E-state index >= 15 is 0 Å². The first kappa shape index (κ1) is 15.8. The Morgan fingerprint density at radius 1 is 1.18 bits per heavy atom. The van der Waals surface area contributed by atoms with E-state index in [1.807, 2.05) is 37.2 Å². The van der Waals surface area contributed by atoms with Crippen molar-refractivity contribution >= 4 is 11.1 Å². The standard InChI is InChI=1S/C21H23N/c1-15(2)7-8-16(3)21-10-9-19(13-17(21)4)20-11-12-22(6)18(5)14-20/h7-14H,1,3,5H2,2,4,6H3/b8-7-. The molecule has 1 aliphatic rings. The van der Waals surface area contributed by atoms with Crippen LogP contribution >= 0.6 is 0 Å². The lowest BCUT2D eigenvalue weighted by atomic mass is 9.95. The third-order valence-corrected chi connectivity index (χ3v) is 3.73. The predicted molar refractivity (Wildman–Crippen MR) is 98.2 cm³/mol. The molecular weight excluding hydrogens is 266 g/mol. The molecule has 0 saturated carbocycles. The van der Waals surface area contributed by atoms with Gasteiger partial charge in [0.05, 0.1) is 0 Å². The molecule has 1 aromatic carbocycles. The van der Waals surface area contributed by atoms with Crippen LogP contribution in [0.3, 0.4) is 0 Å². The van der Waals surface area contributed by atoms with E-state index in [1.54, 1.807) is 0 Å². The Morgan fingerprint density at radius 2 is 1.91 bits per heavy atom. The maximum Gasteiger partial charge on any atom is 0.0336 e. The maximum atomic E-state index is 4.14. The number of hydrogen-bond acceptors (Lipinski definition) is 1. The highest BCUT2D eigenvalue weighted by atomic mass is 15.1. The summed E-state index contributed by atoms with van der Waals surface area (Å²) in [4.78, 5) is 2.01. The number of rotatable bonds is 4. The topological polar surface area (TPSA) is 3.24 Å². The van der Waals surface area contributed by atoms with E-state index < -0.39 is 0 Å². The molecule has 1 heterocycles. The fraction of sp³-hybridized carbons (Fsp3) is 0.143. The molecule has 0 radical (unpaired) electrons. The fourth-order valence-electron chi connectivity index (χ4n) is 2.33. The second-order valence-corrected chi connectivity index (χ2v) is 5.75. The normalized spacial score (nSPS) is 14.4. The fourth-order valence-corrected chi connectivity index (χ4v) is 2.33. The number of benzene rings is 1. The Balaban J connectivity index is 2.29. The van der Waals surface area contributed by atoms with Gasteiger partial charge in [-0.15, -0.1) is 0 Å². The minimum Gasteiger partial charge on any atom is -0.351 e. The van der Waals surface area contributed by atoms with Crippen LogP contribution in [0.15, 0.2) is 79.7 Å². The number of nitrogens with zero attached hydrogens (tertiary/aromatic N) is 1. The molecule has 2 rings (SSSR count). The van der Waals surface area contributed by atoms with Gasteiger partial charge in [0.2, 0.25) is 0 Å². The van der Waals surface area contributed by atoms with Crippen molar-refractivity contribution in [3.8, 4) is 0 Å². The zero-order chi connectivity index (χ0) is 16.3. The predicted octanol–water partition coefficient (Wildman–Crippen LogP) is 5.50. The van der Waals surface area contributed by atoms with Gasteiger partial charge in [-0.05, 0) is 53.8 Å². The van der Waals surface area contributed by atoms with Gasteiger partial charge in [-0.25, -0.2) is 0 Å². The summed E-state index contributed by atoms with van der Waals surface area (Å²) in [6.45, 7) is 16.2. The van der Waals surface area contributed by atoms with Gasteiger partial charge >= 0.3 is 0 Å². The van der Waals surface area contributed by atoms with Crippen LogP contribution in [-0.2, 0) is 0 Å². The minimum atomic E-state index is 0.994. The first-order chi connectivity index (χ1) is 10.4. The van der Waals surface area contributed by atoms with Crippen molar-refractivity contribution < 1.29 is 0 Å². The van der Waals surface area contributed by atoms with Crippen molar-refractivity contribution in [2.75, 3.05) is 7.05 Å². The van der Waals surface area contributed by atoms with E-state index in [0.29, 0.717) is 0 Å². The smallest absolute Gasteiger partial charge is 0.0336 e. The van der Waals surface area contributed by atoms with Crippen molar-refractivity contribution in [2.24, 2.45) is 0 Å². The van der Waals surface area contributed by atoms with E-state index in [9.17, 15) is 0 Å². The minimum absolute atomic E-state index is 0.994. The Hall–Kier alpha value is -2.54. The average Bonchev–Trinajstić information content (AvgIpc) is 2.47. The Labute approximate surface area is 134 Å².